The van der Waals surface area contributed by atoms with Gasteiger partial charge in [0.25, 0.3) is 0 Å². The van der Waals surface area contributed by atoms with E-state index in [0.717, 1.165) is 6.42 Å². The molecule has 1 rings (SSSR count). The Labute approximate surface area is 92.8 Å². The molecule has 1 atom stereocenters. The molecule has 1 fully saturated rings. The Bertz CT molecular complexity index is 235. The molecule has 1 saturated carbocycles. The summed E-state index contributed by atoms with van der Waals surface area (Å²) in [6.07, 6.45) is 12.5. The number of hydrogen-bond acceptors (Lipinski definition) is 1. The molecule has 0 aromatic rings. The van der Waals surface area contributed by atoms with Gasteiger partial charge in [0.1, 0.15) is 0 Å². The van der Waals surface area contributed by atoms with Crippen LogP contribution in [0.25, 0.3) is 0 Å². The molecule has 1 amide bonds. The summed E-state index contributed by atoms with van der Waals surface area (Å²) in [6, 6.07) is 0.170. The van der Waals surface area contributed by atoms with E-state index in [2.05, 4.69) is 18.2 Å². The van der Waals surface area contributed by atoms with E-state index in [1.807, 2.05) is 0 Å². The predicted molar refractivity (Wildman–Crippen MR) is 62.2 cm³/mol. The zero-order valence-electron chi connectivity index (χ0n) is 9.59. The fourth-order valence-corrected chi connectivity index (χ4v) is 2.20. The van der Waals surface area contributed by atoms with Gasteiger partial charge >= 0.3 is 0 Å². The summed E-state index contributed by atoms with van der Waals surface area (Å²) in [5.41, 5.74) is 0. The van der Waals surface area contributed by atoms with Crippen molar-refractivity contribution in [2.24, 2.45) is 5.92 Å². The maximum absolute atomic E-state index is 11.7. The first-order valence-corrected chi connectivity index (χ1v) is 5.99. The molecule has 0 radical (unpaired) electrons. The molecular formula is C13H21NO. The molecule has 2 heteroatoms. The highest BCUT2D eigenvalue weighted by Gasteiger charge is 2.19. The third-order valence-corrected chi connectivity index (χ3v) is 3.17. The van der Waals surface area contributed by atoms with Crippen LogP contribution in [-0.4, -0.2) is 11.9 Å². The van der Waals surface area contributed by atoms with E-state index in [1.54, 1.807) is 0 Å². The van der Waals surface area contributed by atoms with E-state index in [4.69, 9.17) is 6.42 Å². The summed E-state index contributed by atoms with van der Waals surface area (Å²) in [5.74, 6) is 3.41. The number of carbonyl (C=O) groups excluding carboxylic acids is 1. The molecule has 1 aliphatic carbocycles. The summed E-state index contributed by atoms with van der Waals surface area (Å²) in [7, 11) is 0. The van der Waals surface area contributed by atoms with Crippen LogP contribution in [0.15, 0.2) is 0 Å². The molecule has 0 spiro atoms. The fraction of sp³-hybridized carbons (Fsp3) is 0.769. The Morgan fingerprint density at radius 2 is 2.20 bits per heavy atom. The Kier molecular flexibility index (Phi) is 5.25. The van der Waals surface area contributed by atoms with Crippen molar-refractivity contribution >= 4 is 5.91 Å². The normalized spacial score (nSPS) is 18.4. The smallest absolute Gasteiger partial charge is 0.220 e. The maximum Gasteiger partial charge on any atom is 0.220 e. The largest absolute Gasteiger partial charge is 0.352 e. The van der Waals surface area contributed by atoms with Gasteiger partial charge < -0.3 is 5.32 Å². The lowest BCUT2D eigenvalue weighted by molar-refractivity contribution is -0.122. The van der Waals surface area contributed by atoms with Gasteiger partial charge in [-0.15, -0.1) is 12.3 Å². The highest BCUT2D eigenvalue weighted by atomic mass is 16.1. The minimum Gasteiger partial charge on any atom is -0.352 e. The number of terminal acetylenes is 1. The lowest BCUT2D eigenvalue weighted by Crippen LogP contribution is -2.34. The minimum atomic E-state index is 0.170. The second-order valence-electron chi connectivity index (χ2n) is 4.44. The first kappa shape index (κ1) is 12.1. The van der Waals surface area contributed by atoms with Gasteiger partial charge in [-0.05, 0) is 25.2 Å². The summed E-state index contributed by atoms with van der Waals surface area (Å²) in [5, 5.41) is 3.01. The zero-order valence-corrected chi connectivity index (χ0v) is 9.59. The van der Waals surface area contributed by atoms with Gasteiger partial charge in [0, 0.05) is 18.9 Å². The van der Waals surface area contributed by atoms with Crippen molar-refractivity contribution < 1.29 is 4.79 Å². The average Bonchev–Trinajstić information content (AvgIpc) is 2.69. The van der Waals surface area contributed by atoms with Gasteiger partial charge in [0.2, 0.25) is 5.91 Å². The maximum atomic E-state index is 11.7. The summed E-state index contributed by atoms with van der Waals surface area (Å²) in [6.45, 7) is 2.05. The van der Waals surface area contributed by atoms with Gasteiger partial charge in [-0.1, -0.05) is 19.8 Å². The van der Waals surface area contributed by atoms with E-state index in [-0.39, 0.29) is 11.9 Å². The topological polar surface area (TPSA) is 29.1 Å². The van der Waals surface area contributed by atoms with Crippen LogP contribution in [0, 0.1) is 18.3 Å². The van der Waals surface area contributed by atoms with Crippen LogP contribution in [0.1, 0.15) is 51.9 Å². The third kappa shape index (κ3) is 4.38. The van der Waals surface area contributed by atoms with E-state index < -0.39 is 0 Å². The van der Waals surface area contributed by atoms with Crippen LogP contribution in [0.5, 0.6) is 0 Å². The van der Waals surface area contributed by atoms with Gasteiger partial charge in [-0.3, -0.25) is 4.79 Å². The monoisotopic (exact) mass is 207 g/mol. The molecule has 0 saturated heterocycles. The average molecular weight is 207 g/mol. The third-order valence-electron chi connectivity index (χ3n) is 3.17. The van der Waals surface area contributed by atoms with Crippen LogP contribution in [0.3, 0.4) is 0 Å². The predicted octanol–water partition coefficient (Wildman–Crippen LogP) is 2.48. The first-order valence-electron chi connectivity index (χ1n) is 5.99. The minimum absolute atomic E-state index is 0.170. The van der Waals surface area contributed by atoms with Crippen molar-refractivity contribution in [3.8, 4) is 12.3 Å². The lowest BCUT2D eigenvalue weighted by atomic mass is 10.0. The molecule has 0 heterocycles. The molecule has 1 N–H and O–H groups in total. The number of carbonyl (C=O) groups is 1. The van der Waals surface area contributed by atoms with E-state index >= 15 is 0 Å². The molecule has 0 aromatic carbocycles. The fourth-order valence-electron chi connectivity index (χ4n) is 2.20. The van der Waals surface area contributed by atoms with Crippen molar-refractivity contribution in [1.29, 1.82) is 0 Å². The summed E-state index contributed by atoms with van der Waals surface area (Å²) >= 11 is 0. The SMILES string of the molecule is C#CCC(CC)NC(=O)CC1CCCC1. The van der Waals surface area contributed by atoms with Crippen LogP contribution in [-0.2, 0) is 4.79 Å². The van der Waals surface area contributed by atoms with Crippen molar-refractivity contribution in [2.45, 2.75) is 57.9 Å². The van der Waals surface area contributed by atoms with Gasteiger partial charge in [-0.25, -0.2) is 0 Å². The molecule has 2 nitrogen and oxygen atoms in total. The molecule has 84 valence electrons. The van der Waals surface area contributed by atoms with Crippen molar-refractivity contribution in [3.63, 3.8) is 0 Å². The van der Waals surface area contributed by atoms with Crippen molar-refractivity contribution in [3.05, 3.63) is 0 Å². The second-order valence-corrected chi connectivity index (χ2v) is 4.44. The lowest BCUT2D eigenvalue weighted by Gasteiger charge is -2.16. The number of amides is 1. The molecule has 0 bridgehead atoms. The van der Waals surface area contributed by atoms with Gasteiger partial charge in [-0.2, -0.15) is 0 Å². The van der Waals surface area contributed by atoms with E-state index in [1.165, 1.54) is 25.7 Å². The van der Waals surface area contributed by atoms with Crippen LogP contribution >= 0.6 is 0 Å². The van der Waals surface area contributed by atoms with Crippen molar-refractivity contribution in [2.75, 3.05) is 0 Å². The quantitative estimate of drug-likeness (QED) is 0.689. The molecule has 1 unspecified atom stereocenters. The first-order chi connectivity index (χ1) is 7.26. The summed E-state index contributed by atoms with van der Waals surface area (Å²) < 4.78 is 0. The molecule has 0 aromatic heterocycles. The second kappa shape index (κ2) is 6.50. The molecule has 0 aliphatic heterocycles. The van der Waals surface area contributed by atoms with Crippen LogP contribution < -0.4 is 5.32 Å². The Morgan fingerprint density at radius 1 is 1.53 bits per heavy atom. The number of rotatable bonds is 5. The Morgan fingerprint density at radius 3 is 2.73 bits per heavy atom. The van der Waals surface area contributed by atoms with Gasteiger partial charge in [0.15, 0.2) is 0 Å². The van der Waals surface area contributed by atoms with E-state index in [0.29, 0.717) is 18.8 Å². The molecule has 1 aliphatic rings. The van der Waals surface area contributed by atoms with Gasteiger partial charge in [0.05, 0.1) is 0 Å². The van der Waals surface area contributed by atoms with E-state index in [9.17, 15) is 4.79 Å². The van der Waals surface area contributed by atoms with Crippen molar-refractivity contribution in [1.82, 2.24) is 5.32 Å². The highest BCUT2D eigenvalue weighted by Crippen LogP contribution is 2.27. The van der Waals surface area contributed by atoms with Crippen LogP contribution in [0.4, 0.5) is 0 Å². The molecule has 15 heavy (non-hydrogen) atoms. The Hall–Kier alpha value is -0.970. The van der Waals surface area contributed by atoms with Crippen LogP contribution in [0.2, 0.25) is 0 Å². The molecular weight excluding hydrogens is 186 g/mol. The number of nitrogens with one attached hydrogen (secondary N) is 1. The standard InChI is InChI=1S/C13H21NO/c1-3-7-12(4-2)14-13(15)10-11-8-5-6-9-11/h1,11-12H,4-10H2,2H3,(H,14,15). The highest BCUT2D eigenvalue weighted by molar-refractivity contribution is 5.76. The zero-order chi connectivity index (χ0) is 11.1. The number of hydrogen-bond donors (Lipinski definition) is 1. The Balaban J connectivity index is 2.24. The summed E-state index contributed by atoms with van der Waals surface area (Å²) in [4.78, 5) is 11.7.